The molecule has 11 aromatic rings. The molecule has 24 nitrogen and oxygen atoms in total. The number of hydrogen-bond donors (Lipinski definition) is 2. The molecule has 21 rings (SSSR count). The quantitative estimate of drug-likeness (QED) is 0.0336. The van der Waals surface area contributed by atoms with Gasteiger partial charge in [-0.2, -0.15) is 0 Å². The van der Waals surface area contributed by atoms with E-state index in [0.717, 1.165) is 104 Å². The third kappa shape index (κ3) is 26.4. The molecule has 0 fully saturated rings. The molecule has 2 N–H and O–H groups in total. The molecule has 10 aliphatic rings. The topological polar surface area (TPSA) is 257 Å². The smallest absolute Gasteiger partial charge is 0.164 e. The van der Waals surface area contributed by atoms with Crippen LogP contribution < -0.4 is 7.69 Å². The fourth-order valence-electron chi connectivity index (χ4n) is 15.1. The highest BCUT2D eigenvalue weighted by Gasteiger charge is 2.39. The molecule has 4 aromatic carbocycles. The normalized spacial score (nSPS) is 19.5. The summed E-state index contributed by atoms with van der Waals surface area (Å²) in [6.45, 7) is 26.7. The van der Waals surface area contributed by atoms with Crippen molar-refractivity contribution in [1.29, 1.82) is 0 Å². The molecule has 0 saturated carbocycles. The molecule has 0 saturated heterocycles. The average Bonchev–Trinajstić information content (AvgIpc) is 1.58. The van der Waals surface area contributed by atoms with Crippen LogP contribution in [0.4, 0.5) is 0 Å². The Labute approximate surface area is 910 Å². The highest BCUT2D eigenvalue weighted by Crippen LogP contribution is 2.69. The number of fused-ring (bicyclic) bond motifs is 24. The fourth-order valence-corrected chi connectivity index (χ4v) is 51.6. The van der Waals surface area contributed by atoms with Gasteiger partial charge in [0.15, 0.2) is 22.6 Å². The van der Waals surface area contributed by atoms with Gasteiger partial charge in [-0.05, 0) is 76.2 Å². The van der Waals surface area contributed by atoms with Crippen LogP contribution in [0.5, 0.6) is 0 Å². The number of hydrogen-bond acceptors (Lipinski definition) is 46. The molecular weight excluding hydrogens is 2240 g/mol. The Morgan fingerprint density at radius 2 is 0.429 bits per heavy atom. The van der Waals surface area contributed by atoms with Gasteiger partial charge in [-0.1, -0.05) is 141 Å². The summed E-state index contributed by atoms with van der Waals surface area (Å²) in [5.74, 6) is 3.93. The molecule has 0 spiro atoms. The number of thioether (sulfide) groups is 20. The Morgan fingerprint density at radius 3 is 0.671 bits per heavy atom. The average molecular weight is 2340 g/mol. The van der Waals surface area contributed by atoms with Gasteiger partial charge in [-0.15, -0.1) is 139 Å². The van der Waals surface area contributed by atoms with Crippen LogP contribution in [0.3, 0.4) is 0 Å². The van der Waals surface area contributed by atoms with E-state index in [1.807, 2.05) is 308 Å². The Morgan fingerprint density at radius 1 is 0.221 bits per heavy atom. The van der Waals surface area contributed by atoms with Gasteiger partial charge in [0.25, 0.3) is 0 Å². The van der Waals surface area contributed by atoms with Gasteiger partial charge in [0.1, 0.15) is 30.3 Å². The highest BCUT2D eigenvalue weighted by molar-refractivity contribution is 8.48. The lowest BCUT2D eigenvalue weighted by atomic mass is 10.2. The zero-order valence-electron chi connectivity index (χ0n) is 76.4. The van der Waals surface area contributed by atoms with Crippen LogP contribution in [-0.4, -0.2) is 295 Å². The molecule has 7 aromatic heterocycles. The predicted octanol–water partition coefficient (Wildman–Crippen LogP) is 25.1. The molecule has 10 aliphatic heterocycles. The second-order valence-electron chi connectivity index (χ2n) is 31.4. The first kappa shape index (κ1) is 105. The lowest BCUT2D eigenvalue weighted by Crippen LogP contribution is -2.19. The second kappa shape index (κ2) is 52.4. The van der Waals surface area contributed by atoms with Crippen LogP contribution in [0.1, 0.15) is 27.7 Å². The van der Waals surface area contributed by atoms with E-state index in [4.69, 9.17) is 106 Å². The molecule has 4 unspecified atom stereocenters. The lowest BCUT2D eigenvalue weighted by molar-refractivity contribution is 0.0000383. The number of rotatable bonds is 48. The summed E-state index contributed by atoms with van der Waals surface area (Å²) >= 11 is 45.5. The SMILES string of the molecule is CCOCCOCCOCCOCC1CSC2=C(SC(=C3Sc4cc5c6nc7nc(nc8[nH]c(nc9nc(nc([nH]6)c5cc4S3)c3cc4sc(=C5SC6=C(S5)SC(COCCOCCOCCOCC)CS6)sc4cc93)c3cc4c(cc83)SC(=C3SC5=C(S3)SC(COCCOCCOCCOCC)CS5)S4)c3cc4sc(=C5SC6=C(S5)SC(COCCOCCOCCOCC)CS6)sc4cc73)S2)S1. The third-order valence-corrected chi connectivity index (χ3v) is 57.9. The summed E-state index contributed by atoms with van der Waals surface area (Å²) in [5, 5.41) is 8.70. The van der Waals surface area contributed by atoms with Crippen LogP contribution >= 0.6 is 281 Å². The van der Waals surface area contributed by atoms with Crippen molar-refractivity contribution < 1.29 is 75.8 Å². The van der Waals surface area contributed by atoms with Crippen LogP contribution in [-0.2, 0) is 75.8 Å². The van der Waals surface area contributed by atoms with E-state index in [-0.39, 0.29) is 0 Å². The third-order valence-electron chi connectivity index (χ3n) is 21.7. The Balaban J connectivity index is 0.619. The molecule has 4 atom stereocenters. The van der Waals surface area contributed by atoms with E-state index in [2.05, 4.69) is 58.5 Å². The number of aromatic nitrogens is 8. The van der Waals surface area contributed by atoms with Crippen molar-refractivity contribution in [1.82, 2.24) is 39.9 Å². The first-order valence-electron chi connectivity index (χ1n) is 45.9. The molecule has 0 radical (unpaired) electrons. The van der Waals surface area contributed by atoms with Gasteiger partial charge < -0.3 is 85.8 Å². The van der Waals surface area contributed by atoms with Gasteiger partial charge in [0.2, 0.25) is 0 Å². The second-order valence-corrected chi connectivity index (χ2v) is 61.5. The molecule has 0 aliphatic carbocycles. The molecule has 140 heavy (non-hydrogen) atoms. The van der Waals surface area contributed by atoms with E-state index in [0.29, 0.717) is 278 Å². The summed E-state index contributed by atoms with van der Waals surface area (Å²) in [4.78, 5) is 46.7. The maximum Gasteiger partial charge on any atom is 0.164 e. The standard InChI is InChI=1S/C92H98N8O16S24/c1-5-101-9-13-105-17-21-109-25-29-113-41-49-45-117-77-81(121-49)137-89(133-77)85-125-61-33-53-54(34-62(61)126-85)70-93-69(53)97-71-55-35-63-65(129-86(127-63)90-134-78-82(138-90)122-50(46-118-78)42-114-30-26-110-22-18-106-14-10-102-6-2)37-57(55)73(94-71)99-75-59-39-67-68(132-88(131-67)92-136-80-84(140-92)124-52(48-120-80)44-116-32-28-112-24-20-108-16-12-104-8-4)40-60(59)76(96-75)100-74-58-38-66-64(36-56(58)72(95-74)98-70)128-87(130-66)91-135-79-83(139-91)123-51(47-119-79)43-115-31-27-111-23-19-107-15-11-103-7-3/h33-40,49-52H,5-32,41-48H2,1-4H3,(H2,93,94,95,96,97,98,99,100). The summed E-state index contributed by atoms with van der Waals surface area (Å²) in [6, 6.07) is 18.5. The first-order valence-corrected chi connectivity index (χ1v) is 66.4. The zero-order chi connectivity index (χ0) is 94.5. The van der Waals surface area contributed by atoms with Crippen LogP contribution in [0, 0.1) is 0 Å². The highest BCUT2D eigenvalue weighted by atomic mass is 32.3. The zero-order valence-corrected chi connectivity index (χ0v) is 96.0. The van der Waals surface area contributed by atoms with Gasteiger partial charge in [-0.25, -0.2) is 29.9 Å². The molecular formula is C92H98N8O16S24. The first-order chi connectivity index (χ1) is 69.1. The molecule has 8 bridgehead atoms. The monoisotopic (exact) mass is 2340 g/mol. The minimum Gasteiger partial charge on any atom is -0.379 e. The van der Waals surface area contributed by atoms with Crippen molar-refractivity contribution in [3.63, 3.8) is 0 Å². The maximum atomic E-state index is 6.22. The van der Waals surface area contributed by atoms with Gasteiger partial charge in [-0.3, -0.25) is 0 Å². The predicted molar refractivity (Wildman–Crippen MR) is 618 cm³/mol. The maximum absolute atomic E-state index is 6.22. The van der Waals surface area contributed by atoms with E-state index >= 15 is 0 Å². The summed E-state index contributed by atoms with van der Waals surface area (Å²) in [7, 11) is 0. The number of ether oxygens (including phenoxy) is 16. The van der Waals surface area contributed by atoms with Crippen molar-refractivity contribution >= 4 is 396 Å². The number of H-pyrrole nitrogens is 2. The van der Waals surface area contributed by atoms with Crippen molar-refractivity contribution in [3.8, 4) is 0 Å². The van der Waals surface area contributed by atoms with Crippen molar-refractivity contribution in [2.24, 2.45) is 0 Å². The van der Waals surface area contributed by atoms with Crippen molar-refractivity contribution in [2.75, 3.05) is 234 Å². The van der Waals surface area contributed by atoms with Crippen LogP contribution in [0.15, 0.2) is 119 Å². The summed E-state index contributed by atoms with van der Waals surface area (Å²) in [5.41, 5.74) is 4.85. The Bertz CT molecular complexity index is 6210. The number of benzene rings is 4. The van der Waals surface area contributed by atoms with Crippen molar-refractivity contribution in [3.05, 3.63) is 107 Å². The Kier molecular flexibility index (Phi) is 39.3. The largest absolute Gasteiger partial charge is 0.379 e. The van der Waals surface area contributed by atoms with E-state index in [9.17, 15) is 0 Å². The summed E-state index contributed by atoms with van der Waals surface area (Å²) in [6.07, 6.45) is 0. The molecule has 48 heteroatoms. The molecule has 0 amide bonds. The van der Waals surface area contributed by atoms with Crippen LogP contribution in [0.2, 0.25) is 0 Å². The molecule has 746 valence electrons. The van der Waals surface area contributed by atoms with Gasteiger partial charge in [0, 0.05) is 152 Å². The number of nitrogens with zero attached hydrogens (tertiary/aromatic N) is 6. The lowest BCUT2D eigenvalue weighted by Gasteiger charge is -2.21. The molecule has 17 heterocycles. The number of nitrogens with one attached hydrogen (secondary N) is 2. The van der Waals surface area contributed by atoms with E-state index < -0.39 is 0 Å². The van der Waals surface area contributed by atoms with Crippen molar-refractivity contribution in [2.45, 2.75) is 68.3 Å². The fraction of sp³-hybridized carbons (Fsp3) is 0.478. The minimum absolute atomic E-state index is 0.335. The summed E-state index contributed by atoms with van der Waals surface area (Å²) < 4.78 is 118. The van der Waals surface area contributed by atoms with E-state index in [1.165, 1.54) is 67.0 Å². The van der Waals surface area contributed by atoms with Gasteiger partial charge in [0.05, 0.1) is 244 Å². The Hall–Kier alpha value is -0.600. The van der Waals surface area contributed by atoms with E-state index in [1.54, 1.807) is 0 Å². The van der Waals surface area contributed by atoms with Crippen LogP contribution in [0.25, 0.3) is 116 Å². The van der Waals surface area contributed by atoms with Gasteiger partial charge >= 0.3 is 0 Å². The number of aromatic amines is 2. The minimum atomic E-state index is 0.335.